The number of ether oxygens (including phenoxy) is 3. The molecule has 0 fully saturated rings. The Kier molecular flexibility index (Phi) is 10.6. The van der Waals surface area contributed by atoms with Gasteiger partial charge in [-0.1, -0.05) is 24.3 Å². The number of hydrogen-bond donors (Lipinski definition) is 3. The molecule has 0 aliphatic carbocycles. The summed E-state index contributed by atoms with van der Waals surface area (Å²) in [6.07, 6.45) is -0.934. The van der Waals surface area contributed by atoms with Crippen LogP contribution >= 0.6 is 0 Å². The van der Waals surface area contributed by atoms with Crippen molar-refractivity contribution in [1.29, 1.82) is 0 Å². The van der Waals surface area contributed by atoms with Crippen molar-refractivity contribution in [2.45, 2.75) is 47.6 Å². The number of aliphatic hydroxyl groups excluding tert-OH is 1. The highest BCUT2D eigenvalue weighted by atomic mass is 16.6. The van der Waals surface area contributed by atoms with Crippen LogP contribution in [0.3, 0.4) is 0 Å². The molecule has 202 valence electrons. The topological polar surface area (TPSA) is 123 Å². The number of carbonyl (C=O) groups excluding carboxylic acids is 3. The quantitative estimate of drug-likeness (QED) is 0.237. The van der Waals surface area contributed by atoms with E-state index in [-0.39, 0.29) is 30.6 Å². The van der Waals surface area contributed by atoms with Gasteiger partial charge in [0.05, 0.1) is 16.9 Å². The molecule has 0 aromatic heterocycles. The van der Waals surface area contributed by atoms with Gasteiger partial charge in [-0.15, -0.1) is 0 Å². The highest BCUT2D eigenvalue weighted by molar-refractivity contribution is 5.81. The predicted molar refractivity (Wildman–Crippen MR) is 139 cm³/mol. The van der Waals surface area contributed by atoms with Crippen molar-refractivity contribution >= 4 is 17.8 Å². The molecular formula is C28H38N2O7. The number of carbonyl (C=O) groups is 3. The summed E-state index contributed by atoms with van der Waals surface area (Å²) in [6.45, 7) is 11.2. The molecule has 0 radical (unpaired) electrons. The van der Waals surface area contributed by atoms with Crippen LogP contribution in [-0.4, -0.2) is 49.2 Å². The van der Waals surface area contributed by atoms with Crippen molar-refractivity contribution in [2.75, 3.05) is 26.2 Å². The van der Waals surface area contributed by atoms with Crippen LogP contribution in [0.2, 0.25) is 0 Å². The number of benzene rings is 2. The molecule has 1 amide bonds. The van der Waals surface area contributed by atoms with Crippen LogP contribution in [0.1, 0.15) is 53.2 Å². The van der Waals surface area contributed by atoms with Crippen molar-refractivity contribution < 1.29 is 33.7 Å². The molecule has 3 N–H and O–H groups in total. The minimum atomic E-state index is -0.934. The summed E-state index contributed by atoms with van der Waals surface area (Å²) in [6, 6.07) is 13.7. The van der Waals surface area contributed by atoms with E-state index in [1.54, 1.807) is 59.7 Å². The van der Waals surface area contributed by atoms with E-state index in [9.17, 15) is 19.5 Å². The second-order valence-corrected chi connectivity index (χ2v) is 10.7. The summed E-state index contributed by atoms with van der Waals surface area (Å²) in [5.41, 5.74) is -1.06. The number of aliphatic hydroxyl groups is 1. The molecule has 0 spiro atoms. The van der Waals surface area contributed by atoms with Crippen molar-refractivity contribution in [2.24, 2.45) is 10.8 Å². The number of para-hydroxylation sites is 1. The third-order valence-corrected chi connectivity index (χ3v) is 5.06. The minimum Gasteiger partial charge on any atom is -0.484 e. The first-order valence-corrected chi connectivity index (χ1v) is 12.2. The van der Waals surface area contributed by atoms with Gasteiger partial charge in [-0.25, -0.2) is 0 Å². The molecule has 0 saturated carbocycles. The normalized spacial score (nSPS) is 12.4. The molecule has 9 nitrogen and oxygen atoms in total. The molecule has 1 unspecified atom stereocenters. The van der Waals surface area contributed by atoms with E-state index in [1.807, 2.05) is 18.2 Å². The summed E-state index contributed by atoms with van der Waals surface area (Å²) in [5, 5.41) is 16.4. The summed E-state index contributed by atoms with van der Waals surface area (Å²) < 4.78 is 16.4. The van der Waals surface area contributed by atoms with Crippen molar-refractivity contribution in [3.05, 3.63) is 54.1 Å². The van der Waals surface area contributed by atoms with Gasteiger partial charge in [-0.05, 0) is 71.4 Å². The first kappa shape index (κ1) is 29.8. The fourth-order valence-electron chi connectivity index (χ4n) is 2.77. The molecule has 0 aliphatic heterocycles. The number of rotatable bonds is 11. The second kappa shape index (κ2) is 13.2. The van der Waals surface area contributed by atoms with E-state index >= 15 is 0 Å². The van der Waals surface area contributed by atoms with Crippen LogP contribution in [0.4, 0.5) is 0 Å². The molecule has 0 heterocycles. The van der Waals surface area contributed by atoms with E-state index in [0.29, 0.717) is 24.4 Å². The van der Waals surface area contributed by atoms with Crippen LogP contribution in [0.5, 0.6) is 17.2 Å². The van der Waals surface area contributed by atoms with Gasteiger partial charge < -0.3 is 30.0 Å². The summed E-state index contributed by atoms with van der Waals surface area (Å²) >= 11 is 0. The smallest absolute Gasteiger partial charge is 0.316 e. The fourth-order valence-corrected chi connectivity index (χ4v) is 2.77. The maximum atomic E-state index is 12.5. The minimum absolute atomic E-state index is 0.0553. The Bertz CT molecular complexity index is 1060. The van der Waals surface area contributed by atoms with Gasteiger partial charge in [0.1, 0.15) is 5.75 Å². The first-order valence-electron chi connectivity index (χ1n) is 12.2. The van der Waals surface area contributed by atoms with Gasteiger partial charge in [0, 0.05) is 19.6 Å². The van der Waals surface area contributed by atoms with E-state index < -0.39 is 28.9 Å². The average Bonchev–Trinajstić information content (AvgIpc) is 2.82. The van der Waals surface area contributed by atoms with Crippen LogP contribution in [-0.2, 0) is 14.4 Å². The highest BCUT2D eigenvalue weighted by Crippen LogP contribution is 2.34. The third kappa shape index (κ3) is 10.2. The lowest BCUT2D eigenvalue weighted by Crippen LogP contribution is -2.36. The molecule has 1 atom stereocenters. The molecular weight excluding hydrogens is 476 g/mol. The predicted octanol–water partition coefficient (Wildman–Crippen LogP) is 3.41. The largest absolute Gasteiger partial charge is 0.484 e. The Labute approximate surface area is 218 Å². The van der Waals surface area contributed by atoms with E-state index in [2.05, 4.69) is 10.6 Å². The van der Waals surface area contributed by atoms with Gasteiger partial charge in [0.2, 0.25) is 0 Å². The molecule has 0 bridgehead atoms. The standard InChI is InChI=1S/C28H38N2O7/c1-27(2,3)25(33)36-22-13-12-19(16-23(22)37-26(34)28(4,5)6)21(31)17-29-14-15-30-24(32)18-35-20-10-8-7-9-11-20/h7-13,16,21,29,31H,14-15,17-18H2,1-6H3,(H,30,32). The van der Waals surface area contributed by atoms with Gasteiger partial charge in [0.25, 0.3) is 5.91 Å². The molecule has 0 saturated heterocycles. The zero-order valence-corrected chi connectivity index (χ0v) is 22.4. The van der Waals surface area contributed by atoms with Crippen molar-refractivity contribution in [3.63, 3.8) is 0 Å². The lowest BCUT2D eigenvalue weighted by Gasteiger charge is -2.21. The van der Waals surface area contributed by atoms with E-state index in [1.165, 1.54) is 12.1 Å². The number of esters is 2. The lowest BCUT2D eigenvalue weighted by molar-refractivity contribution is -0.145. The highest BCUT2D eigenvalue weighted by Gasteiger charge is 2.28. The SMILES string of the molecule is CC(C)(C)C(=O)Oc1ccc(C(O)CNCCNC(=O)COc2ccccc2)cc1OC(=O)C(C)(C)C. The van der Waals surface area contributed by atoms with Crippen molar-refractivity contribution in [3.8, 4) is 17.2 Å². The first-order chi connectivity index (χ1) is 17.3. The average molecular weight is 515 g/mol. The summed E-state index contributed by atoms with van der Waals surface area (Å²) in [7, 11) is 0. The van der Waals surface area contributed by atoms with Crippen LogP contribution in [0, 0.1) is 10.8 Å². The zero-order chi connectivity index (χ0) is 27.6. The molecule has 9 heteroatoms. The summed E-state index contributed by atoms with van der Waals surface area (Å²) in [5.74, 6) is -0.465. The number of hydrogen-bond acceptors (Lipinski definition) is 8. The molecule has 2 aromatic carbocycles. The molecule has 2 rings (SSSR count). The molecule has 37 heavy (non-hydrogen) atoms. The van der Waals surface area contributed by atoms with Gasteiger partial charge in [-0.3, -0.25) is 14.4 Å². The second-order valence-electron chi connectivity index (χ2n) is 10.7. The molecule has 0 aliphatic rings. The van der Waals surface area contributed by atoms with Crippen LogP contribution < -0.4 is 24.8 Å². The Morgan fingerprint density at radius 3 is 2.03 bits per heavy atom. The Balaban J connectivity index is 1.91. The van der Waals surface area contributed by atoms with E-state index in [4.69, 9.17) is 14.2 Å². The Morgan fingerprint density at radius 2 is 1.43 bits per heavy atom. The third-order valence-electron chi connectivity index (χ3n) is 5.06. The maximum absolute atomic E-state index is 12.5. The van der Waals surface area contributed by atoms with Crippen LogP contribution in [0.25, 0.3) is 0 Å². The Hall–Kier alpha value is -3.43. The van der Waals surface area contributed by atoms with Gasteiger partial charge in [-0.2, -0.15) is 0 Å². The van der Waals surface area contributed by atoms with Crippen molar-refractivity contribution in [1.82, 2.24) is 10.6 Å². The van der Waals surface area contributed by atoms with Crippen LogP contribution in [0.15, 0.2) is 48.5 Å². The Morgan fingerprint density at radius 1 is 0.838 bits per heavy atom. The maximum Gasteiger partial charge on any atom is 0.316 e. The van der Waals surface area contributed by atoms with Gasteiger partial charge in [0.15, 0.2) is 18.1 Å². The zero-order valence-electron chi connectivity index (χ0n) is 22.4. The number of amides is 1. The fraction of sp³-hybridized carbons (Fsp3) is 0.464. The number of nitrogens with one attached hydrogen (secondary N) is 2. The lowest BCUT2D eigenvalue weighted by atomic mass is 9.97. The summed E-state index contributed by atoms with van der Waals surface area (Å²) in [4.78, 5) is 36.8. The van der Waals surface area contributed by atoms with Gasteiger partial charge >= 0.3 is 11.9 Å². The monoisotopic (exact) mass is 514 g/mol. The molecule has 2 aromatic rings. The van der Waals surface area contributed by atoms with E-state index in [0.717, 1.165) is 0 Å².